The number of aromatic nitrogens is 2. The van der Waals surface area contributed by atoms with Gasteiger partial charge in [-0.15, -0.1) is 5.10 Å². The first-order valence-corrected chi connectivity index (χ1v) is 7.44. The maximum atomic E-state index is 12.2. The smallest absolute Gasteiger partial charge is 0.266 e. The lowest BCUT2D eigenvalue weighted by molar-refractivity contribution is 0.402. The van der Waals surface area contributed by atoms with Gasteiger partial charge >= 0.3 is 0 Å². The number of anilines is 2. The highest BCUT2D eigenvalue weighted by molar-refractivity contribution is 7.93. The molecular formula is C10H12N4O3S2. The summed E-state index contributed by atoms with van der Waals surface area (Å²) >= 11 is 0.942. The van der Waals surface area contributed by atoms with E-state index in [1.165, 1.54) is 19.4 Å². The summed E-state index contributed by atoms with van der Waals surface area (Å²) in [6.45, 7) is 1.77. The molecule has 0 bridgehead atoms. The van der Waals surface area contributed by atoms with Crippen molar-refractivity contribution in [2.24, 2.45) is 0 Å². The van der Waals surface area contributed by atoms with Crippen molar-refractivity contribution < 1.29 is 13.2 Å². The maximum Gasteiger partial charge on any atom is 0.266 e. The number of nitrogens with one attached hydrogen (secondary N) is 1. The van der Waals surface area contributed by atoms with Gasteiger partial charge in [0.1, 0.15) is 15.6 Å². The number of nitrogen functional groups attached to an aromatic ring is 1. The number of methoxy groups -OCH3 is 1. The SMILES string of the molecule is COc1cc(C)c(N)cc1S(=O)(=O)Nc1cnns1. The average molecular weight is 300 g/mol. The highest BCUT2D eigenvalue weighted by Gasteiger charge is 2.21. The first-order valence-electron chi connectivity index (χ1n) is 5.18. The van der Waals surface area contributed by atoms with Gasteiger partial charge in [-0.25, -0.2) is 8.42 Å². The lowest BCUT2D eigenvalue weighted by atomic mass is 10.2. The van der Waals surface area contributed by atoms with E-state index in [0.717, 1.165) is 17.1 Å². The average Bonchev–Trinajstić information content (AvgIpc) is 2.84. The van der Waals surface area contributed by atoms with Crippen LogP contribution in [0.1, 0.15) is 5.56 Å². The normalized spacial score (nSPS) is 11.3. The Morgan fingerprint density at radius 2 is 2.16 bits per heavy atom. The van der Waals surface area contributed by atoms with Crippen LogP contribution in [0.15, 0.2) is 23.2 Å². The molecule has 2 aromatic rings. The van der Waals surface area contributed by atoms with Crippen LogP contribution in [0.3, 0.4) is 0 Å². The molecule has 3 N–H and O–H groups in total. The van der Waals surface area contributed by atoms with E-state index in [0.29, 0.717) is 10.7 Å². The van der Waals surface area contributed by atoms with Crippen molar-refractivity contribution in [3.8, 4) is 5.75 Å². The zero-order valence-electron chi connectivity index (χ0n) is 10.2. The van der Waals surface area contributed by atoms with Crippen molar-refractivity contribution in [3.63, 3.8) is 0 Å². The molecule has 2 rings (SSSR count). The predicted octanol–water partition coefficient (Wildman–Crippen LogP) is 1.24. The number of hydrogen-bond donors (Lipinski definition) is 2. The molecule has 0 aliphatic carbocycles. The highest BCUT2D eigenvalue weighted by atomic mass is 32.2. The molecule has 0 saturated carbocycles. The lowest BCUT2D eigenvalue weighted by Gasteiger charge is -2.12. The van der Waals surface area contributed by atoms with Crippen LogP contribution >= 0.6 is 11.5 Å². The van der Waals surface area contributed by atoms with E-state index in [1.807, 2.05) is 0 Å². The topological polar surface area (TPSA) is 107 Å². The van der Waals surface area contributed by atoms with Crippen LogP contribution in [-0.4, -0.2) is 25.1 Å². The third-order valence-electron chi connectivity index (χ3n) is 2.44. The molecule has 19 heavy (non-hydrogen) atoms. The zero-order valence-corrected chi connectivity index (χ0v) is 11.9. The van der Waals surface area contributed by atoms with Crippen LogP contribution in [0, 0.1) is 6.92 Å². The third-order valence-corrected chi connectivity index (χ3v) is 4.53. The minimum atomic E-state index is -3.79. The lowest BCUT2D eigenvalue weighted by Crippen LogP contribution is -2.14. The number of aryl methyl sites for hydroxylation is 1. The fourth-order valence-corrected chi connectivity index (χ4v) is 3.32. The Morgan fingerprint density at radius 3 is 2.74 bits per heavy atom. The quantitative estimate of drug-likeness (QED) is 0.823. The minimum absolute atomic E-state index is 0.0218. The summed E-state index contributed by atoms with van der Waals surface area (Å²) in [6, 6.07) is 2.94. The van der Waals surface area contributed by atoms with E-state index in [-0.39, 0.29) is 10.6 Å². The number of benzene rings is 1. The Kier molecular flexibility index (Phi) is 3.58. The van der Waals surface area contributed by atoms with E-state index in [2.05, 4.69) is 14.3 Å². The first kappa shape index (κ1) is 13.6. The first-order chi connectivity index (χ1) is 8.94. The number of hydrogen-bond acceptors (Lipinski definition) is 7. The molecule has 0 amide bonds. The summed E-state index contributed by atoms with van der Waals surface area (Å²) in [6.07, 6.45) is 1.33. The molecule has 0 saturated heterocycles. The van der Waals surface area contributed by atoms with Gasteiger partial charge in [0.15, 0.2) is 0 Å². The molecule has 0 fully saturated rings. The van der Waals surface area contributed by atoms with Crippen LogP contribution in [0.4, 0.5) is 10.7 Å². The molecule has 0 spiro atoms. The van der Waals surface area contributed by atoms with Crippen LogP contribution < -0.4 is 15.2 Å². The Labute approximate surface area is 114 Å². The number of sulfonamides is 1. The summed E-state index contributed by atoms with van der Waals surface area (Å²) < 4.78 is 35.5. The second kappa shape index (κ2) is 5.02. The van der Waals surface area contributed by atoms with Crippen LogP contribution in [-0.2, 0) is 10.0 Å². The van der Waals surface area contributed by atoms with Crippen molar-refractivity contribution in [1.82, 2.24) is 9.59 Å². The van der Waals surface area contributed by atoms with Gasteiger partial charge in [0.2, 0.25) is 0 Å². The van der Waals surface area contributed by atoms with E-state index >= 15 is 0 Å². The van der Waals surface area contributed by atoms with Crippen molar-refractivity contribution in [3.05, 3.63) is 23.9 Å². The van der Waals surface area contributed by atoms with Gasteiger partial charge in [0, 0.05) is 17.2 Å². The number of nitrogens with two attached hydrogens (primary N) is 1. The predicted molar refractivity (Wildman–Crippen MR) is 72.9 cm³/mol. The van der Waals surface area contributed by atoms with Crippen molar-refractivity contribution in [2.45, 2.75) is 11.8 Å². The second-order valence-corrected chi connectivity index (χ2v) is 6.18. The van der Waals surface area contributed by atoms with E-state index in [1.54, 1.807) is 13.0 Å². The Bertz CT molecular complexity index is 683. The van der Waals surface area contributed by atoms with Gasteiger partial charge in [-0.05, 0) is 24.6 Å². The monoisotopic (exact) mass is 300 g/mol. The summed E-state index contributed by atoms with van der Waals surface area (Å²) in [5.74, 6) is 0.233. The summed E-state index contributed by atoms with van der Waals surface area (Å²) in [4.78, 5) is -0.0218. The van der Waals surface area contributed by atoms with Gasteiger partial charge in [-0.1, -0.05) is 4.49 Å². The van der Waals surface area contributed by atoms with Gasteiger partial charge in [-0.3, -0.25) is 4.72 Å². The standard InChI is InChI=1S/C10H12N4O3S2/c1-6-3-8(17-2)9(4-7(6)11)19(15,16)13-10-5-12-14-18-10/h3-5,13H,11H2,1-2H3. The molecule has 7 nitrogen and oxygen atoms in total. The Hall–Kier alpha value is -1.87. The number of nitrogens with zero attached hydrogens (tertiary/aromatic N) is 2. The Balaban J connectivity index is 2.48. The number of rotatable bonds is 4. The van der Waals surface area contributed by atoms with Gasteiger partial charge < -0.3 is 10.5 Å². The third kappa shape index (κ3) is 2.76. The van der Waals surface area contributed by atoms with Gasteiger partial charge in [0.25, 0.3) is 10.0 Å². The molecule has 1 aromatic heterocycles. The maximum absolute atomic E-state index is 12.2. The van der Waals surface area contributed by atoms with Crippen molar-refractivity contribution >= 4 is 32.2 Å². The summed E-state index contributed by atoms with van der Waals surface area (Å²) in [7, 11) is -2.39. The van der Waals surface area contributed by atoms with E-state index < -0.39 is 10.0 Å². The van der Waals surface area contributed by atoms with Crippen LogP contribution in [0.5, 0.6) is 5.75 Å². The molecule has 0 atom stereocenters. The van der Waals surface area contributed by atoms with Gasteiger partial charge in [-0.2, -0.15) is 0 Å². The molecule has 0 radical (unpaired) electrons. The summed E-state index contributed by atoms with van der Waals surface area (Å²) in [5, 5.41) is 3.88. The molecule has 1 aromatic carbocycles. The van der Waals surface area contributed by atoms with Crippen molar-refractivity contribution in [1.29, 1.82) is 0 Å². The van der Waals surface area contributed by atoms with Crippen LogP contribution in [0.25, 0.3) is 0 Å². The fourth-order valence-electron chi connectivity index (χ4n) is 1.45. The molecule has 9 heteroatoms. The minimum Gasteiger partial charge on any atom is -0.495 e. The summed E-state index contributed by atoms with van der Waals surface area (Å²) in [5.41, 5.74) is 6.87. The van der Waals surface area contributed by atoms with E-state index in [9.17, 15) is 8.42 Å². The van der Waals surface area contributed by atoms with Crippen LogP contribution in [0.2, 0.25) is 0 Å². The number of ether oxygens (including phenoxy) is 1. The Morgan fingerprint density at radius 1 is 1.42 bits per heavy atom. The highest BCUT2D eigenvalue weighted by Crippen LogP contribution is 2.30. The van der Waals surface area contributed by atoms with Gasteiger partial charge in [0.05, 0.1) is 13.3 Å². The molecule has 0 aliphatic rings. The molecule has 102 valence electrons. The van der Waals surface area contributed by atoms with Crippen molar-refractivity contribution in [2.75, 3.05) is 17.6 Å². The molecule has 0 aliphatic heterocycles. The second-order valence-electron chi connectivity index (χ2n) is 3.75. The fraction of sp³-hybridized carbons (Fsp3) is 0.200. The molecular weight excluding hydrogens is 288 g/mol. The largest absolute Gasteiger partial charge is 0.495 e. The zero-order chi connectivity index (χ0) is 14.0. The molecule has 1 heterocycles. The molecule has 0 unspecified atom stereocenters. The van der Waals surface area contributed by atoms with E-state index in [4.69, 9.17) is 10.5 Å².